The molecule has 5 heteroatoms. The summed E-state index contributed by atoms with van der Waals surface area (Å²) in [5, 5.41) is 3.27. The predicted octanol–water partition coefficient (Wildman–Crippen LogP) is 1.67. The molecule has 1 unspecified atom stereocenters. The molecule has 1 N–H and O–H groups in total. The summed E-state index contributed by atoms with van der Waals surface area (Å²) in [7, 11) is 3.02. The van der Waals surface area contributed by atoms with Crippen molar-refractivity contribution in [2.45, 2.75) is 25.4 Å². The Bertz CT molecular complexity index is 461. The van der Waals surface area contributed by atoms with E-state index in [-0.39, 0.29) is 18.1 Å². The third-order valence-electron chi connectivity index (χ3n) is 3.26. The van der Waals surface area contributed by atoms with Crippen molar-refractivity contribution in [1.82, 2.24) is 5.32 Å². The highest BCUT2D eigenvalue weighted by Crippen LogP contribution is 2.34. The summed E-state index contributed by atoms with van der Waals surface area (Å²) in [4.78, 5) is 11.5. The van der Waals surface area contributed by atoms with Crippen molar-refractivity contribution in [2.24, 2.45) is 0 Å². The minimum absolute atomic E-state index is 0.0629. The van der Waals surface area contributed by atoms with Crippen LogP contribution in [0, 0.1) is 0 Å². The zero-order valence-corrected chi connectivity index (χ0v) is 11.4. The Labute approximate surface area is 112 Å². The first-order valence-electron chi connectivity index (χ1n) is 6.30. The van der Waals surface area contributed by atoms with Crippen LogP contribution in [-0.4, -0.2) is 32.8 Å². The molecule has 0 fully saturated rings. The molecular weight excluding hydrogens is 246 g/mol. The fourth-order valence-electron chi connectivity index (χ4n) is 2.22. The van der Waals surface area contributed by atoms with Crippen molar-refractivity contribution in [2.75, 3.05) is 20.8 Å². The monoisotopic (exact) mass is 265 g/mol. The van der Waals surface area contributed by atoms with Crippen LogP contribution in [0.3, 0.4) is 0 Å². The highest BCUT2D eigenvalue weighted by Gasteiger charge is 2.25. The number of rotatable bonds is 4. The Hall–Kier alpha value is -1.75. The van der Waals surface area contributed by atoms with Gasteiger partial charge in [-0.3, -0.25) is 10.1 Å². The van der Waals surface area contributed by atoms with Gasteiger partial charge in [0.25, 0.3) is 0 Å². The SMILES string of the molecule is COC(=O)[C@H](C)NC1CCOc2ccc(OC)cc21. The highest BCUT2D eigenvalue weighted by atomic mass is 16.5. The molecule has 0 aromatic heterocycles. The molecule has 0 amide bonds. The van der Waals surface area contributed by atoms with Gasteiger partial charge in [-0.15, -0.1) is 0 Å². The number of hydrogen-bond donors (Lipinski definition) is 1. The molecule has 0 aliphatic carbocycles. The molecule has 0 spiro atoms. The number of esters is 1. The largest absolute Gasteiger partial charge is 0.497 e. The number of methoxy groups -OCH3 is 2. The van der Waals surface area contributed by atoms with E-state index in [9.17, 15) is 4.79 Å². The van der Waals surface area contributed by atoms with E-state index in [1.54, 1.807) is 14.0 Å². The second kappa shape index (κ2) is 5.93. The average Bonchev–Trinajstić information content (AvgIpc) is 2.46. The molecule has 19 heavy (non-hydrogen) atoms. The molecule has 0 saturated carbocycles. The second-order valence-electron chi connectivity index (χ2n) is 4.50. The van der Waals surface area contributed by atoms with Gasteiger partial charge in [-0.25, -0.2) is 0 Å². The fraction of sp³-hybridized carbons (Fsp3) is 0.500. The van der Waals surface area contributed by atoms with Crippen LogP contribution < -0.4 is 14.8 Å². The number of nitrogens with one attached hydrogen (secondary N) is 1. The number of carbonyl (C=O) groups is 1. The highest BCUT2D eigenvalue weighted by molar-refractivity contribution is 5.75. The van der Waals surface area contributed by atoms with Crippen LogP contribution in [0.1, 0.15) is 24.9 Å². The summed E-state index contributed by atoms with van der Waals surface area (Å²) in [5.41, 5.74) is 1.02. The van der Waals surface area contributed by atoms with E-state index in [0.29, 0.717) is 6.61 Å². The van der Waals surface area contributed by atoms with E-state index in [2.05, 4.69) is 5.32 Å². The van der Waals surface area contributed by atoms with Gasteiger partial charge in [0.1, 0.15) is 17.5 Å². The molecule has 1 aromatic carbocycles. The maximum absolute atomic E-state index is 11.5. The lowest BCUT2D eigenvalue weighted by atomic mass is 9.99. The Morgan fingerprint density at radius 2 is 2.26 bits per heavy atom. The topological polar surface area (TPSA) is 56.8 Å². The summed E-state index contributed by atoms with van der Waals surface area (Å²) >= 11 is 0. The van der Waals surface area contributed by atoms with Gasteiger partial charge >= 0.3 is 5.97 Å². The third kappa shape index (κ3) is 2.98. The van der Waals surface area contributed by atoms with Gasteiger partial charge in [0, 0.05) is 18.0 Å². The van der Waals surface area contributed by atoms with Crippen molar-refractivity contribution in [3.05, 3.63) is 23.8 Å². The number of hydrogen-bond acceptors (Lipinski definition) is 5. The number of ether oxygens (including phenoxy) is 3. The molecule has 104 valence electrons. The first-order chi connectivity index (χ1) is 9.15. The number of carbonyl (C=O) groups excluding carboxylic acids is 1. The molecule has 1 heterocycles. The standard InChI is InChI=1S/C14H19NO4/c1-9(14(16)18-3)15-12-6-7-19-13-5-4-10(17-2)8-11(12)13/h4-5,8-9,12,15H,6-7H2,1-3H3/t9-,12?/m0/s1. The van der Waals surface area contributed by atoms with Gasteiger partial charge in [-0.05, 0) is 25.1 Å². The zero-order chi connectivity index (χ0) is 13.8. The first-order valence-corrected chi connectivity index (χ1v) is 6.30. The summed E-state index contributed by atoms with van der Waals surface area (Å²) in [6, 6.07) is 5.41. The quantitative estimate of drug-likeness (QED) is 0.839. The molecule has 1 aliphatic heterocycles. The maximum Gasteiger partial charge on any atom is 0.322 e. The van der Waals surface area contributed by atoms with Crippen LogP contribution in [0.2, 0.25) is 0 Å². The summed E-state index contributed by atoms with van der Waals surface area (Å²) < 4.78 is 15.6. The lowest BCUT2D eigenvalue weighted by Gasteiger charge is -2.28. The maximum atomic E-state index is 11.5. The van der Waals surface area contributed by atoms with Gasteiger partial charge in [-0.2, -0.15) is 0 Å². The van der Waals surface area contributed by atoms with Crippen LogP contribution in [0.4, 0.5) is 0 Å². The van der Waals surface area contributed by atoms with Crippen LogP contribution in [0.15, 0.2) is 18.2 Å². The lowest BCUT2D eigenvalue weighted by Crippen LogP contribution is -2.39. The van der Waals surface area contributed by atoms with Crippen molar-refractivity contribution in [3.8, 4) is 11.5 Å². The number of fused-ring (bicyclic) bond motifs is 1. The van der Waals surface area contributed by atoms with Gasteiger partial charge in [0.2, 0.25) is 0 Å². The fourth-order valence-corrected chi connectivity index (χ4v) is 2.22. The smallest absolute Gasteiger partial charge is 0.322 e. The molecular formula is C14H19NO4. The van der Waals surface area contributed by atoms with Crippen LogP contribution >= 0.6 is 0 Å². The van der Waals surface area contributed by atoms with Crippen molar-refractivity contribution in [1.29, 1.82) is 0 Å². The summed E-state index contributed by atoms with van der Waals surface area (Å²) in [6.07, 6.45) is 0.807. The van der Waals surface area contributed by atoms with E-state index in [0.717, 1.165) is 23.5 Å². The Morgan fingerprint density at radius 1 is 1.47 bits per heavy atom. The van der Waals surface area contributed by atoms with E-state index < -0.39 is 0 Å². The molecule has 2 rings (SSSR count). The van der Waals surface area contributed by atoms with E-state index in [4.69, 9.17) is 14.2 Å². The Morgan fingerprint density at radius 3 is 2.95 bits per heavy atom. The van der Waals surface area contributed by atoms with Crippen LogP contribution in [0.25, 0.3) is 0 Å². The number of benzene rings is 1. The van der Waals surface area contributed by atoms with E-state index in [1.165, 1.54) is 7.11 Å². The molecule has 0 radical (unpaired) electrons. The Kier molecular flexibility index (Phi) is 4.27. The van der Waals surface area contributed by atoms with E-state index >= 15 is 0 Å². The normalized spacial score (nSPS) is 19.0. The van der Waals surface area contributed by atoms with Crippen LogP contribution in [-0.2, 0) is 9.53 Å². The van der Waals surface area contributed by atoms with Gasteiger partial charge in [0.15, 0.2) is 0 Å². The molecule has 0 saturated heterocycles. The molecule has 0 bridgehead atoms. The van der Waals surface area contributed by atoms with Crippen LogP contribution in [0.5, 0.6) is 11.5 Å². The minimum Gasteiger partial charge on any atom is -0.497 e. The first kappa shape index (κ1) is 13.7. The van der Waals surface area contributed by atoms with E-state index in [1.807, 2.05) is 18.2 Å². The van der Waals surface area contributed by atoms with Gasteiger partial charge in [-0.1, -0.05) is 0 Å². The summed E-state index contributed by atoms with van der Waals surface area (Å²) in [5.74, 6) is 1.35. The molecule has 5 nitrogen and oxygen atoms in total. The predicted molar refractivity (Wildman–Crippen MR) is 70.5 cm³/mol. The summed E-state index contributed by atoms with van der Waals surface area (Å²) in [6.45, 7) is 2.42. The van der Waals surface area contributed by atoms with Crippen molar-refractivity contribution < 1.29 is 19.0 Å². The molecule has 2 atom stereocenters. The molecule has 1 aromatic rings. The lowest BCUT2D eigenvalue weighted by molar-refractivity contribution is -0.142. The van der Waals surface area contributed by atoms with Crippen molar-refractivity contribution in [3.63, 3.8) is 0 Å². The average molecular weight is 265 g/mol. The van der Waals surface area contributed by atoms with Crippen molar-refractivity contribution >= 4 is 5.97 Å². The zero-order valence-electron chi connectivity index (χ0n) is 11.4. The third-order valence-corrected chi connectivity index (χ3v) is 3.26. The minimum atomic E-state index is -0.354. The Balaban J connectivity index is 2.18. The van der Waals surface area contributed by atoms with Gasteiger partial charge < -0.3 is 14.2 Å². The van der Waals surface area contributed by atoms with Gasteiger partial charge in [0.05, 0.1) is 20.8 Å². The second-order valence-corrected chi connectivity index (χ2v) is 4.50. The molecule has 1 aliphatic rings.